The zero-order valence-electron chi connectivity index (χ0n) is 16.4. The van der Waals surface area contributed by atoms with Crippen molar-refractivity contribution in [1.82, 2.24) is 15.0 Å². The van der Waals surface area contributed by atoms with Gasteiger partial charge in [-0.05, 0) is 44.2 Å². The molecule has 3 aromatic rings. The van der Waals surface area contributed by atoms with Gasteiger partial charge in [-0.15, -0.1) is 0 Å². The Morgan fingerprint density at radius 3 is 2.73 bits per heavy atom. The quantitative estimate of drug-likeness (QED) is 0.404. The number of amides is 1. The molecule has 0 aliphatic heterocycles. The van der Waals surface area contributed by atoms with Crippen LogP contribution in [0.4, 0.5) is 21.6 Å². The van der Waals surface area contributed by atoms with Crippen LogP contribution in [0.3, 0.4) is 0 Å². The van der Waals surface area contributed by atoms with E-state index >= 15 is 0 Å². The van der Waals surface area contributed by atoms with Gasteiger partial charge < -0.3 is 21.2 Å². The number of benzene rings is 1. The number of nitrogens with one attached hydrogen (secondary N) is 2. The standard InChI is InChI=1S/C20H20FN7O2/c1-12(2)28-30-18-11-25-17(10-26-18)20(29)27-14-5-6-15(21)13(8-14)9-24-16-4-3-7-23-19(16)22/h3-8,10-11,24H,9H2,1-2H3,(H2,22,23)(H,27,29). The first-order chi connectivity index (χ1) is 14.4. The number of nitrogen functional groups attached to an aromatic ring is 1. The number of carbonyl (C=O) groups excluding carboxylic acids is 1. The minimum Gasteiger partial charge on any atom is -0.382 e. The van der Waals surface area contributed by atoms with Crippen LogP contribution in [-0.2, 0) is 6.54 Å². The van der Waals surface area contributed by atoms with Crippen molar-refractivity contribution in [1.29, 1.82) is 0 Å². The summed E-state index contributed by atoms with van der Waals surface area (Å²) in [4.78, 5) is 29.4. The van der Waals surface area contributed by atoms with Crippen LogP contribution in [0.2, 0.25) is 0 Å². The Morgan fingerprint density at radius 1 is 1.20 bits per heavy atom. The lowest BCUT2D eigenvalue weighted by molar-refractivity contribution is 0.102. The molecule has 2 aromatic heterocycles. The van der Waals surface area contributed by atoms with Crippen molar-refractivity contribution in [3.05, 3.63) is 66.0 Å². The van der Waals surface area contributed by atoms with E-state index in [2.05, 4.69) is 30.7 Å². The van der Waals surface area contributed by atoms with E-state index in [1.165, 1.54) is 30.6 Å². The Morgan fingerprint density at radius 2 is 2.03 bits per heavy atom. The number of rotatable bonds is 7. The van der Waals surface area contributed by atoms with Gasteiger partial charge in [0.05, 0.1) is 23.8 Å². The van der Waals surface area contributed by atoms with Gasteiger partial charge >= 0.3 is 0 Å². The van der Waals surface area contributed by atoms with Crippen molar-refractivity contribution < 1.29 is 14.0 Å². The van der Waals surface area contributed by atoms with Crippen molar-refractivity contribution >= 4 is 28.8 Å². The number of hydrogen-bond acceptors (Lipinski definition) is 8. The van der Waals surface area contributed by atoms with Gasteiger partial charge in [-0.2, -0.15) is 0 Å². The number of halogens is 1. The lowest BCUT2D eigenvalue weighted by Crippen LogP contribution is -2.14. The van der Waals surface area contributed by atoms with Gasteiger partial charge in [0, 0.05) is 24.0 Å². The molecule has 1 amide bonds. The highest BCUT2D eigenvalue weighted by Gasteiger charge is 2.11. The predicted molar refractivity (Wildman–Crippen MR) is 112 cm³/mol. The third-order valence-corrected chi connectivity index (χ3v) is 3.79. The molecule has 30 heavy (non-hydrogen) atoms. The molecule has 0 bridgehead atoms. The number of pyridine rings is 1. The Kier molecular flexibility index (Phi) is 6.48. The maximum Gasteiger partial charge on any atom is 0.275 e. The summed E-state index contributed by atoms with van der Waals surface area (Å²) >= 11 is 0. The predicted octanol–water partition coefficient (Wildman–Crippen LogP) is 3.23. The lowest BCUT2D eigenvalue weighted by Gasteiger charge is -2.11. The zero-order valence-corrected chi connectivity index (χ0v) is 16.4. The fraction of sp³-hybridized carbons (Fsp3) is 0.150. The van der Waals surface area contributed by atoms with Crippen LogP contribution in [-0.4, -0.2) is 26.6 Å². The number of carbonyl (C=O) groups is 1. The number of oxime groups is 1. The molecule has 154 valence electrons. The molecular formula is C20H20FN7O2. The molecular weight excluding hydrogens is 389 g/mol. The first-order valence-electron chi connectivity index (χ1n) is 8.97. The van der Waals surface area contributed by atoms with Crippen LogP contribution in [0.1, 0.15) is 29.9 Å². The number of hydrogen-bond donors (Lipinski definition) is 3. The average Bonchev–Trinajstić information content (AvgIpc) is 2.74. The number of anilines is 3. The molecule has 0 aliphatic rings. The van der Waals surface area contributed by atoms with Crippen LogP contribution in [0.25, 0.3) is 0 Å². The Balaban J connectivity index is 1.66. The minimum absolute atomic E-state index is 0.0756. The smallest absolute Gasteiger partial charge is 0.275 e. The molecule has 0 fully saturated rings. The molecule has 0 atom stereocenters. The third-order valence-electron chi connectivity index (χ3n) is 3.79. The molecule has 0 spiro atoms. The summed E-state index contributed by atoms with van der Waals surface area (Å²) in [5.74, 6) is -0.437. The topological polar surface area (TPSA) is 127 Å². The molecule has 0 saturated carbocycles. The zero-order chi connectivity index (χ0) is 21.5. The van der Waals surface area contributed by atoms with Gasteiger partial charge in [-0.25, -0.2) is 19.3 Å². The van der Waals surface area contributed by atoms with Crippen LogP contribution in [0.15, 0.2) is 54.1 Å². The van der Waals surface area contributed by atoms with Crippen LogP contribution >= 0.6 is 0 Å². The summed E-state index contributed by atoms with van der Waals surface area (Å²) in [5, 5.41) is 9.45. The average molecular weight is 409 g/mol. The van der Waals surface area contributed by atoms with Crippen LogP contribution < -0.4 is 21.2 Å². The Bertz CT molecular complexity index is 1070. The minimum atomic E-state index is -0.494. The second kappa shape index (κ2) is 9.41. The van der Waals surface area contributed by atoms with Gasteiger partial charge in [0.2, 0.25) is 0 Å². The van der Waals surface area contributed by atoms with Gasteiger partial charge in [-0.1, -0.05) is 5.16 Å². The first-order valence-corrected chi connectivity index (χ1v) is 8.97. The summed E-state index contributed by atoms with van der Waals surface area (Å²) in [5.41, 5.74) is 7.91. The number of nitrogens with zero attached hydrogens (tertiary/aromatic N) is 4. The van der Waals surface area contributed by atoms with Gasteiger partial charge in [-0.3, -0.25) is 4.79 Å². The summed E-state index contributed by atoms with van der Waals surface area (Å²) in [6, 6.07) is 7.71. The highest BCUT2D eigenvalue weighted by molar-refractivity contribution is 6.02. The summed E-state index contributed by atoms with van der Waals surface area (Å²) in [7, 11) is 0. The fourth-order valence-electron chi connectivity index (χ4n) is 2.36. The largest absolute Gasteiger partial charge is 0.382 e. The number of aromatic nitrogens is 3. The molecule has 4 N–H and O–H groups in total. The second-order valence-electron chi connectivity index (χ2n) is 6.42. The van der Waals surface area contributed by atoms with Gasteiger partial charge in [0.25, 0.3) is 11.8 Å². The first kappa shape index (κ1) is 20.6. The van der Waals surface area contributed by atoms with E-state index in [-0.39, 0.29) is 18.1 Å². The molecule has 0 aliphatic carbocycles. The van der Waals surface area contributed by atoms with E-state index in [0.717, 1.165) is 0 Å². The summed E-state index contributed by atoms with van der Waals surface area (Å²) in [6.07, 6.45) is 4.12. The maximum absolute atomic E-state index is 14.2. The number of nitrogens with two attached hydrogens (primary N) is 1. The van der Waals surface area contributed by atoms with E-state index in [4.69, 9.17) is 10.6 Å². The molecule has 1 aromatic carbocycles. The van der Waals surface area contributed by atoms with E-state index in [1.54, 1.807) is 32.2 Å². The Hall–Kier alpha value is -4.08. The lowest BCUT2D eigenvalue weighted by atomic mass is 10.1. The van der Waals surface area contributed by atoms with Crippen molar-refractivity contribution in [2.45, 2.75) is 20.4 Å². The normalized spacial score (nSPS) is 10.2. The molecule has 10 heteroatoms. The maximum atomic E-state index is 14.2. The van der Waals surface area contributed by atoms with Gasteiger partial charge in [0.15, 0.2) is 0 Å². The Labute approximate surface area is 172 Å². The van der Waals surface area contributed by atoms with E-state index in [9.17, 15) is 9.18 Å². The molecule has 2 heterocycles. The fourth-order valence-corrected chi connectivity index (χ4v) is 2.36. The molecule has 3 rings (SSSR count). The summed E-state index contributed by atoms with van der Waals surface area (Å²) < 4.78 is 14.2. The molecule has 9 nitrogen and oxygen atoms in total. The van der Waals surface area contributed by atoms with E-state index in [0.29, 0.717) is 28.5 Å². The molecule has 0 radical (unpaired) electrons. The monoisotopic (exact) mass is 409 g/mol. The van der Waals surface area contributed by atoms with Crippen molar-refractivity contribution in [2.24, 2.45) is 5.16 Å². The third kappa shape index (κ3) is 5.47. The van der Waals surface area contributed by atoms with Crippen molar-refractivity contribution in [3.8, 4) is 5.88 Å². The van der Waals surface area contributed by atoms with E-state index < -0.39 is 11.7 Å². The summed E-state index contributed by atoms with van der Waals surface area (Å²) in [6.45, 7) is 3.70. The molecule has 0 unspecified atom stereocenters. The van der Waals surface area contributed by atoms with Crippen LogP contribution in [0.5, 0.6) is 5.88 Å². The van der Waals surface area contributed by atoms with Crippen molar-refractivity contribution in [3.63, 3.8) is 0 Å². The van der Waals surface area contributed by atoms with E-state index in [1.807, 2.05) is 0 Å². The van der Waals surface area contributed by atoms with Crippen molar-refractivity contribution in [2.75, 3.05) is 16.4 Å². The SMILES string of the molecule is CC(C)=NOc1cnc(C(=O)Nc2ccc(F)c(CNc3cccnc3N)c2)cn1. The van der Waals surface area contributed by atoms with Gasteiger partial charge in [0.1, 0.15) is 17.3 Å². The van der Waals surface area contributed by atoms with Crippen LogP contribution in [0, 0.1) is 5.82 Å². The molecule has 0 saturated heterocycles. The highest BCUT2D eigenvalue weighted by atomic mass is 19.1. The highest BCUT2D eigenvalue weighted by Crippen LogP contribution is 2.19. The second-order valence-corrected chi connectivity index (χ2v) is 6.42.